The number of para-hydroxylation sites is 1. The Kier molecular flexibility index (Phi) is 4.37. The molecule has 1 aliphatic rings. The summed E-state index contributed by atoms with van der Waals surface area (Å²) in [5, 5.41) is 13.8. The van der Waals surface area contributed by atoms with E-state index in [1.54, 1.807) is 6.07 Å². The van der Waals surface area contributed by atoms with E-state index in [1.807, 2.05) is 30.3 Å². The maximum absolute atomic E-state index is 10.7. The minimum Gasteiger partial charge on any atom is -0.492 e. The summed E-state index contributed by atoms with van der Waals surface area (Å²) in [6.07, 6.45) is 0. The second-order valence-electron chi connectivity index (χ2n) is 4.86. The van der Waals surface area contributed by atoms with Crippen molar-refractivity contribution in [2.45, 2.75) is 6.61 Å². The Morgan fingerprint density at radius 3 is 2.87 bits per heavy atom. The molecule has 0 spiro atoms. The molecule has 0 saturated heterocycles. The lowest BCUT2D eigenvalue weighted by Crippen LogP contribution is -2.31. The minimum absolute atomic E-state index is 0.0372. The van der Waals surface area contributed by atoms with Gasteiger partial charge in [0.15, 0.2) is 0 Å². The van der Waals surface area contributed by atoms with E-state index < -0.39 is 4.92 Å². The molecule has 0 amide bonds. The number of amidine groups is 1. The first-order chi connectivity index (χ1) is 11.2. The SMILES string of the molecule is O=[N+]([O-])c1ccc2c(c1)COC(NCCOc1ccccc1)=N2. The zero-order valence-electron chi connectivity index (χ0n) is 12.3. The molecule has 7 nitrogen and oxygen atoms in total. The van der Waals surface area contributed by atoms with Crippen LogP contribution in [0.15, 0.2) is 53.5 Å². The Morgan fingerprint density at radius 2 is 2.09 bits per heavy atom. The number of nitrogens with zero attached hydrogens (tertiary/aromatic N) is 2. The Morgan fingerprint density at radius 1 is 1.26 bits per heavy atom. The highest BCUT2D eigenvalue weighted by atomic mass is 16.6. The van der Waals surface area contributed by atoms with Crippen LogP contribution in [-0.4, -0.2) is 24.1 Å². The van der Waals surface area contributed by atoms with E-state index in [4.69, 9.17) is 9.47 Å². The molecule has 0 aliphatic carbocycles. The van der Waals surface area contributed by atoms with Gasteiger partial charge < -0.3 is 14.8 Å². The lowest BCUT2D eigenvalue weighted by molar-refractivity contribution is -0.384. The molecule has 1 N–H and O–H groups in total. The average molecular weight is 313 g/mol. The maximum Gasteiger partial charge on any atom is 0.290 e. The number of ether oxygens (including phenoxy) is 2. The molecule has 1 aliphatic heterocycles. The molecule has 0 unspecified atom stereocenters. The Balaban J connectivity index is 1.54. The molecule has 118 valence electrons. The quantitative estimate of drug-likeness (QED) is 0.521. The summed E-state index contributed by atoms with van der Waals surface area (Å²) < 4.78 is 11.0. The van der Waals surface area contributed by atoms with Crippen LogP contribution in [0.3, 0.4) is 0 Å². The normalized spacial score (nSPS) is 12.6. The van der Waals surface area contributed by atoms with Gasteiger partial charge >= 0.3 is 0 Å². The van der Waals surface area contributed by atoms with Crippen LogP contribution in [0.1, 0.15) is 5.56 Å². The van der Waals surface area contributed by atoms with Crippen LogP contribution in [0.4, 0.5) is 11.4 Å². The van der Waals surface area contributed by atoms with Crippen LogP contribution >= 0.6 is 0 Å². The molecule has 7 heteroatoms. The van der Waals surface area contributed by atoms with Crippen molar-refractivity contribution < 1.29 is 14.4 Å². The number of hydrogen-bond donors (Lipinski definition) is 1. The summed E-state index contributed by atoms with van der Waals surface area (Å²) in [4.78, 5) is 14.6. The van der Waals surface area contributed by atoms with Gasteiger partial charge in [-0.05, 0) is 18.2 Å². The molecule has 2 aromatic carbocycles. The number of nitrogens with one attached hydrogen (secondary N) is 1. The number of non-ortho nitro benzene ring substituents is 1. The van der Waals surface area contributed by atoms with Gasteiger partial charge in [0, 0.05) is 17.7 Å². The van der Waals surface area contributed by atoms with E-state index in [0.717, 1.165) is 5.75 Å². The van der Waals surface area contributed by atoms with Crippen molar-refractivity contribution >= 4 is 17.4 Å². The highest BCUT2D eigenvalue weighted by Gasteiger charge is 2.16. The lowest BCUT2D eigenvalue weighted by Gasteiger charge is -2.17. The molecule has 0 bridgehead atoms. The Bertz CT molecular complexity index is 731. The van der Waals surface area contributed by atoms with Crippen molar-refractivity contribution in [3.8, 4) is 5.75 Å². The van der Waals surface area contributed by atoms with Gasteiger partial charge in [-0.2, -0.15) is 4.99 Å². The summed E-state index contributed by atoms with van der Waals surface area (Å²) in [5.41, 5.74) is 1.41. The maximum atomic E-state index is 10.7. The predicted octanol–water partition coefficient (Wildman–Crippen LogP) is 2.78. The van der Waals surface area contributed by atoms with Gasteiger partial charge in [0.25, 0.3) is 11.7 Å². The van der Waals surface area contributed by atoms with E-state index in [2.05, 4.69) is 10.3 Å². The number of nitro groups is 1. The van der Waals surface area contributed by atoms with Crippen molar-refractivity contribution in [3.63, 3.8) is 0 Å². The van der Waals surface area contributed by atoms with Crippen LogP contribution in [0.5, 0.6) is 5.75 Å². The van der Waals surface area contributed by atoms with Gasteiger partial charge in [-0.3, -0.25) is 10.1 Å². The van der Waals surface area contributed by atoms with E-state index in [0.29, 0.717) is 30.4 Å². The smallest absolute Gasteiger partial charge is 0.290 e. The van der Waals surface area contributed by atoms with Gasteiger partial charge in [-0.25, -0.2) is 0 Å². The largest absolute Gasteiger partial charge is 0.492 e. The fourth-order valence-electron chi connectivity index (χ4n) is 2.13. The number of benzene rings is 2. The van der Waals surface area contributed by atoms with Crippen molar-refractivity contribution in [1.29, 1.82) is 0 Å². The van der Waals surface area contributed by atoms with Gasteiger partial charge in [0.1, 0.15) is 19.0 Å². The van der Waals surface area contributed by atoms with Crippen LogP contribution in [0.2, 0.25) is 0 Å². The van der Waals surface area contributed by atoms with Gasteiger partial charge in [0.05, 0.1) is 17.2 Å². The van der Waals surface area contributed by atoms with Crippen molar-refractivity contribution in [3.05, 3.63) is 64.2 Å². The van der Waals surface area contributed by atoms with E-state index in [1.165, 1.54) is 12.1 Å². The molecule has 0 aromatic heterocycles. The van der Waals surface area contributed by atoms with Crippen molar-refractivity contribution in [2.24, 2.45) is 4.99 Å². The molecule has 0 radical (unpaired) electrons. The molecular weight excluding hydrogens is 298 g/mol. The summed E-state index contributed by atoms with van der Waals surface area (Å²) in [7, 11) is 0. The Labute approximate surface area is 132 Å². The van der Waals surface area contributed by atoms with Crippen LogP contribution < -0.4 is 10.1 Å². The summed E-state index contributed by atoms with van der Waals surface area (Å²) in [5.74, 6) is 0.804. The van der Waals surface area contributed by atoms with Crippen LogP contribution in [-0.2, 0) is 11.3 Å². The Hall–Kier alpha value is -3.09. The number of aliphatic imine (C=N–C) groups is 1. The zero-order valence-corrected chi connectivity index (χ0v) is 12.3. The topological polar surface area (TPSA) is 86.0 Å². The first kappa shape index (κ1) is 14.8. The first-order valence-corrected chi connectivity index (χ1v) is 7.13. The first-order valence-electron chi connectivity index (χ1n) is 7.13. The molecule has 0 atom stereocenters. The molecule has 2 aromatic rings. The monoisotopic (exact) mass is 313 g/mol. The second kappa shape index (κ2) is 6.78. The molecule has 0 saturated carbocycles. The van der Waals surface area contributed by atoms with E-state index in [-0.39, 0.29) is 12.3 Å². The zero-order chi connectivity index (χ0) is 16.1. The highest BCUT2D eigenvalue weighted by molar-refractivity contribution is 5.79. The number of rotatable bonds is 5. The summed E-state index contributed by atoms with van der Waals surface area (Å²) in [6.45, 7) is 1.26. The third kappa shape index (κ3) is 3.76. The van der Waals surface area contributed by atoms with E-state index >= 15 is 0 Å². The third-order valence-electron chi connectivity index (χ3n) is 3.25. The van der Waals surface area contributed by atoms with Crippen molar-refractivity contribution in [1.82, 2.24) is 5.32 Å². The highest BCUT2D eigenvalue weighted by Crippen LogP contribution is 2.28. The lowest BCUT2D eigenvalue weighted by atomic mass is 10.1. The predicted molar refractivity (Wildman–Crippen MR) is 84.9 cm³/mol. The average Bonchev–Trinajstić information content (AvgIpc) is 2.59. The number of fused-ring (bicyclic) bond motifs is 1. The van der Waals surface area contributed by atoms with Gasteiger partial charge in [-0.1, -0.05) is 18.2 Å². The molecule has 3 rings (SSSR count). The van der Waals surface area contributed by atoms with Crippen LogP contribution in [0, 0.1) is 10.1 Å². The third-order valence-corrected chi connectivity index (χ3v) is 3.25. The van der Waals surface area contributed by atoms with Gasteiger partial charge in [0.2, 0.25) is 0 Å². The van der Waals surface area contributed by atoms with Crippen LogP contribution in [0.25, 0.3) is 0 Å². The van der Waals surface area contributed by atoms with Gasteiger partial charge in [-0.15, -0.1) is 0 Å². The molecule has 0 fully saturated rings. The fourth-order valence-corrected chi connectivity index (χ4v) is 2.13. The summed E-state index contributed by atoms with van der Waals surface area (Å²) in [6, 6.07) is 14.5. The second-order valence-corrected chi connectivity index (χ2v) is 4.86. The fraction of sp³-hybridized carbons (Fsp3) is 0.188. The summed E-state index contributed by atoms with van der Waals surface area (Å²) >= 11 is 0. The van der Waals surface area contributed by atoms with Crippen molar-refractivity contribution in [2.75, 3.05) is 13.2 Å². The number of hydrogen-bond acceptors (Lipinski definition) is 6. The molecule has 1 heterocycles. The van der Waals surface area contributed by atoms with E-state index in [9.17, 15) is 10.1 Å². The molecule has 23 heavy (non-hydrogen) atoms. The molecular formula is C16H15N3O4. The number of nitro benzene ring substituents is 1. The minimum atomic E-state index is -0.432. The standard InChI is InChI=1S/C16H15N3O4/c20-19(21)13-6-7-15-12(10-13)11-23-16(18-15)17-8-9-22-14-4-2-1-3-5-14/h1-7,10H,8-9,11H2,(H,17,18).